The molecule has 5 nitrogen and oxygen atoms in total. The van der Waals surface area contributed by atoms with Crippen LogP contribution in [0.4, 0.5) is 0 Å². The fourth-order valence-corrected chi connectivity index (χ4v) is 1.88. The van der Waals surface area contributed by atoms with Gasteiger partial charge in [0.1, 0.15) is 6.04 Å². The van der Waals surface area contributed by atoms with Crippen molar-refractivity contribution in [3.63, 3.8) is 0 Å². The van der Waals surface area contributed by atoms with Crippen molar-refractivity contribution in [2.45, 2.75) is 45.2 Å². The quantitative estimate of drug-likeness (QED) is 0.731. The number of carboxylic acid groups (broad SMARTS) is 1. The minimum absolute atomic E-state index is 0.133. The Morgan fingerprint density at radius 2 is 2.12 bits per heavy atom. The molecule has 1 rings (SSSR count). The number of rotatable bonds is 4. The van der Waals surface area contributed by atoms with Crippen LogP contribution in [-0.2, 0) is 9.59 Å². The first-order chi connectivity index (χ1) is 7.43. The van der Waals surface area contributed by atoms with Gasteiger partial charge in [0.25, 0.3) is 0 Å². The SMILES string of the molecule is CC(C)C(N)CC(=O)N1CCCC1C(=O)O. The first-order valence-corrected chi connectivity index (χ1v) is 5.71. The third-order valence-corrected chi connectivity index (χ3v) is 3.12. The van der Waals surface area contributed by atoms with Gasteiger partial charge in [0.2, 0.25) is 5.91 Å². The number of aliphatic carboxylic acids is 1. The zero-order valence-electron chi connectivity index (χ0n) is 9.85. The largest absolute Gasteiger partial charge is 0.480 e. The van der Waals surface area contributed by atoms with E-state index in [9.17, 15) is 9.59 Å². The number of hydrogen-bond donors (Lipinski definition) is 2. The molecule has 1 amide bonds. The van der Waals surface area contributed by atoms with Gasteiger partial charge in [-0.05, 0) is 18.8 Å². The summed E-state index contributed by atoms with van der Waals surface area (Å²) in [6.45, 7) is 4.45. The van der Waals surface area contributed by atoms with E-state index < -0.39 is 12.0 Å². The predicted octanol–water partition coefficient (Wildman–Crippen LogP) is 0.435. The summed E-state index contributed by atoms with van der Waals surface area (Å²) >= 11 is 0. The van der Waals surface area contributed by atoms with Crippen molar-refractivity contribution in [2.24, 2.45) is 11.7 Å². The Hall–Kier alpha value is -1.10. The van der Waals surface area contributed by atoms with Crippen LogP contribution in [0, 0.1) is 5.92 Å². The van der Waals surface area contributed by atoms with E-state index in [2.05, 4.69) is 0 Å². The predicted molar refractivity (Wildman–Crippen MR) is 59.8 cm³/mol. The average molecular weight is 228 g/mol. The molecule has 1 saturated heterocycles. The Morgan fingerprint density at radius 1 is 1.50 bits per heavy atom. The van der Waals surface area contributed by atoms with Crippen molar-refractivity contribution >= 4 is 11.9 Å². The first-order valence-electron chi connectivity index (χ1n) is 5.71. The molecular formula is C11H20N2O3. The molecular weight excluding hydrogens is 208 g/mol. The van der Waals surface area contributed by atoms with Gasteiger partial charge < -0.3 is 15.7 Å². The van der Waals surface area contributed by atoms with Gasteiger partial charge >= 0.3 is 5.97 Å². The number of carbonyl (C=O) groups is 2. The number of hydrogen-bond acceptors (Lipinski definition) is 3. The average Bonchev–Trinajstić information content (AvgIpc) is 2.65. The Morgan fingerprint density at radius 3 is 2.62 bits per heavy atom. The fraction of sp³-hybridized carbons (Fsp3) is 0.818. The van der Waals surface area contributed by atoms with Crippen LogP contribution in [0.2, 0.25) is 0 Å². The van der Waals surface area contributed by atoms with Crippen molar-refractivity contribution < 1.29 is 14.7 Å². The summed E-state index contributed by atoms with van der Waals surface area (Å²) in [6.07, 6.45) is 1.55. The molecule has 0 aromatic carbocycles. The highest BCUT2D eigenvalue weighted by Gasteiger charge is 2.34. The molecule has 0 aromatic heterocycles. The smallest absolute Gasteiger partial charge is 0.326 e. The number of nitrogens with zero attached hydrogens (tertiary/aromatic N) is 1. The number of likely N-dealkylation sites (tertiary alicyclic amines) is 1. The number of carbonyl (C=O) groups excluding carboxylic acids is 1. The van der Waals surface area contributed by atoms with Gasteiger partial charge in [0, 0.05) is 19.0 Å². The number of nitrogens with two attached hydrogens (primary N) is 1. The lowest BCUT2D eigenvalue weighted by molar-refractivity contribution is -0.148. The molecule has 3 N–H and O–H groups in total. The van der Waals surface area contributed by atoms with E-state index in [1.54, 1.807) is 0 Å². The third-order valence-electron chi connectivity index (χ3n) is 3.12. The van der Waals surface area contributed by atoms with Crippen LogP contribution in [0.3, 0.4) is 0 Å². The Labute approximate surface area is 95.6 Å². The zero-order chi connectivity index (χ0) is 12.3. The Bertz CT molecular complexity index is 278. The van der Waals surface area contributed by atoms with Crippen LogP contribution in [0.5, 0.6) is 0 Å². The maximum atomic E-state index is 11.9. The van der Waals surface area contributed by atoms with Gasteiger partial charge in [0.05, 0.1) is 0 Å². The summed E-state index contributed by atoms with van der Waals surface area (Å²) in [5.41, 5.74) is 5.81. The summed E-state index contributed by atoms with van der Waals surface area (Å²) in [4.78, 5) is 24.2. The van der Waals surface area contributed by atoms with Crippen LogP contribution >= 0.6 is 0 Å². The molecule has 92 valence electrons. The minimum atomic E-state index is -0.913. The highest BCUT2D eigenvalue weighted by atomic mass is 16.4. The van der Waals surface area contributed by atoms with Crippen LogP contribution in [0.15, 0.2) is 0 Å². The van der Waals surface area contributed by atoms with E-state index in [0.717, 1.165) is 6.42 Å². The van der Waals surface area contributed by atoms with Gasteiger partial charge in [-0.25, -0.2) is 4.79 Å². The Balaban J connectivity index is 2.56. The Kier molecular flexibility index (Phi) is 4.29. The van der Waals surface area contributed by atoms with Gasteiger partial charge in [-0.1, -0.05) is 13.8 Å². The first kappa shape index (κ1) is 13.0. The molecule has 0 aliphatic carbocycles. The van der Waals surface area contributed by atoms with E-state index in [-0.39, 0.29) is 24.3 Å². The van der Waals surface area contributed by atoms with Crippen molar-refractivity contribution in [1.29, 1.82) is 0 Å². The van der Waals surface area contributed by atoms with Gasteiger partial charge in [-0.3, -0.25) is 4.79 Å². The maximum absolute atomic E-state index is 11.9. The molecule has 0 spiro atoms. The highest BCUT2D eigenvalue weighted by Crippen LogP contribution is 2.19. The van der Waals surface area contributed by atoms with Gasteiger partial charge in [-0.2, -0.15) is 0 Å². The lowest BCUT2D eigenvalue weighted by Crippen LogP contribution is -2.43. The highest BCUT2D eigenvalue weighted by molar-refractivity contribution is 5.84. The molecule has 2 atom stereocenters. The van der Waals surface area contributed by atoms with Crippen LogP contribution in [-0.4, -0.2) is 40.5 Å². The lowest BCUT2D eigenvalue weighted by atomic mass is 10.0. The lowest BCUT2D eigenvalue weighted by Gasteiger charge is -2.24. The topological polar surface area (TPSA) is 83.6 Å². The standard InChI is InChI=1S/C11H20N2O3/c1-7(2)8(12)6-10(14)13-5-3-4-9(13)11(15)16/h7-9H,3-6,12H2,1-2H3,(H,15,16). The maximum Gasteiger partial charge on any atom is 0.326 e. The van der Waals surface area contributed by atoms with Crippen LogP contribution in [0.1, 0.15) is 33.1 Å². The summed E-state index contributed by atoms with van der Waals surface area (Å²) in [7, 11) is 0. The summed E-state index contributed by atoms with van der Waals surface area (Å²) in [6, 6.07) is -0.839. The summed E-state index contributed by atoms with van der Waals surface area (Å²) in [5.74, 6) is -0.815. The minimum Gasteiger partial charge on any atom is -0.480 e. The van der Waals surface area contributed by atoms with E-state index in [1.807, 2.05) is 13.8 Å². The third kappa shape index (κ3) is 2.95. The molecule has 1 fully saturated rings. The van der Waals surface area contributed by atoms with Crippen molar-refractivity contribution in [1.82, 2.24) is 4.90 Å². The van der Waals surface area contributed by atoms with Gasteiger partial charge in [-0.15, -0.1) is 0 Å². The summed E-state index contributed by atoms with van der Waals surface area (Å²) in [5, 5.41) is 8.95. The second-order valence-corrected chi connectivity index (χ2v) is 4.70. The molecule has 2 unspecified atom stereocenters. The van der Waals surface area contributed by atoms with E-state index in [4.69, 9.17) is 10.8 Å². The second kappa shape index (κ2) is 5.30. The molecule has 1 heterocycles. The van der Waals surface area contributed by atoms with E-state index in [1.165, 1.54) is 4.90 Å². The molecule has 16 heavy (non-hydrogen) atoms. The van der Waals surface area contributed by atoms with Gasteiger partial charge in [0.15, 0.2) is 0 Å². The number of amides is 1. The number of carboxylic acids is 1. The molecule has 1 aliphatic heterocycles. The van der Waals surface area contributed by atoms with Crippen molar-refractivity contribution in [2.75, 3.05) is 6.54 Å². The fourth-order valence-electron chi connectivity index (χ4n) is 1.88. The van der Waals surface area contributed by atoms with E-state index >= 15 is 0 Å². The molecule has 1 aliphatic rings. The van der Waals surface area contributed by atoms with Crippen molar-refractivity contribution in [3.05, 3.63) is 0 Å². The molecule has 0 aromatic rings. The van der Waals surface area contributed by atoms with Crippen molar-refractivity contribution in [3.8, 4) is 0 Å². The van der Waals surface area contributed by atoms with Crippen LogP contribution in [0.25, 0.3) is 0 Å². The molecule has 5 heteroatoms. The monoisotopic (exact) mass is 228 g/mol. The second-order valence-electron chi connectivity index (χ2n) is 4.70. The van der Waals surface area contributed by atoms with E-state index in [0.29, 0.717) is 13.0 Å². The normalized spacial score (nSPS) is 22.5. The summed E-state index contributed by atoms with van der Waals surface area (Å²) < 4.78 is 0. The van der Waals surface area contributed by atoms with Crippen LogP contribution < -0.4 is 5.73 Å². The zero-order valence-corrected chi connectivity index (χ0v) is 9.85. The molecule has 0 bridgehead atoms. The molecule has 0 radical (unpaired) electrons. The molecule has 0 saturated carbocycles.